The van der Waals surface area contributed by atoms with Crippen molar-refractivity contribution in [3.05, 3.63) is 52.0 Å². The standard InChI is InChI=1S/C19H15BrN2O5S/c1-26-14-6-4-3-5-13(14)22-18(25)11(17(24)21-19(22)28)7-10-8-12(20)16(23)15(9-10)27-2/h3-9,23H,1-2H3,(H,21,24,28)/b11-7+. The molecule has 1 heterocycles. The van der Waals surface area contributed by atoms with Crippen molar-refractivity contribution in [2.75, 3.05) is 19.1 Å². The summed E-state index contributed by atoms with van der Waals surface area (Å²) in [6.07, 6.45) is 1.40. The van der Waals surface area contributed by atoms with Crippen molar-refractivity contribution in [3.63, 3.8) is 0 Å². The maximum absolute atomic E-state index is 13.1. The number of ether oxygens (including phenoxy) is 2. The number of aromatic hydroxyl groups is 1. The molecule has 7 nitrogen and oxygen atoms in total. The summed E-state index contributed by atoms with van der Waals surface area (Å²) < 4.78 is 10.8. The Labute approximate surface area is 174 Å². The molecule has 0 atom stereocenters. The summed E-state index contributed by atoms with van der Waals surface area (Å²) in [7, 11) is 2.88. The maximum atomic E-state index is 13.1. The Bertz CT molecular complexity index is 1020. The molecular weight excluding hydrogens is 448 g/mol. The van der Waals surface area contributed by atoms with Gasteiger partial charge in [-0.2, -0.15) is 0 Å². The van der Waals surface area contributed by atoms with Gasteiger partial charge in [-0.1, -0.05) is 12.1 Å². The van der Waals surface area contributed by atoms with E-state index in [2.05, 4.69) is 21.2 Å². The fraction of sp³-hybridized carbons (Fsp3) is 0.105. The van der Waals surface area contributed by atoms with Gasteiger partial charge in [-0.3, -0.25) is 14.9 Å². The molecule has 1 aliphatic rings. The van der Waals surface area contributed by atoms with Crippen LogP contribution < -0.4 is 19.7 Å². The van der Waals surface area contributed by atoms with E-state index in [0.717, 1.165) is 0 Å². The number of benzene rings is 2. The van der Waals surface area contributed by atoms with Gasteiger partial charge in [-0.05, 0) is 64.1 Å². The molecule has 2 aromatic carbocycles. The zero-order chi connectivity index (χ0) is 20.4. The van der Waals surface area contributed by atoms with Crippen molar-refractivity contribution >= 4 is 56.8 Å². The first-order valence-electron chi connectivity index (χ1n) is 7.98. The number of thiocarbonyl (C=S) groups is 1. The summed E-state index contributed by atoms with van der Waals surface area (Å²) in [5.41, 5.74) is 0.766. The number of methoxy groups -OCH3 is 2. The molecule has 0 aliphatic carbocycles. The highest BCUT2D eigenvalue weighted by molar-refractivity contribution is 9.10. The number of phenolic OH excluding ortho intramolecular Hbond substituents is 1. The topological polar surface area (TPSA) is 88.1 Å². The molecule has 0 spiro atoms. The summed E-state index contributed by atoms with van der Waals surface area (Å²) in [5.74, 6) is -0.670. The molecule has 28 heavy (non-hydrogen) atoms. The number of amides is 2. The summed E-state index contributed by atoms with van der Waals surface area (Å²) in [5, 5.41) is 12.4. The van der Waals surface area contributed by atoms with Gasteiger partial charge < -0.3 is 14.6 Å². The summed E-state index contributed by atoms with van der Waals surface area (Å²) in [6, 6.07) is 9.91. The Hall–Kier alpha value is -2.91. The van der Waals surface area contributed by atoms with Gasteiger partial charge in [0.1, 0.15) is 11.3 Å². The van der Waals surface area contributed by atoms with E-state index in [9.17, 15) is 14.7 Å². The van der Waals surface area contributed by atoms with Gasteiger partial charge >= 0.3 is 0 Å². The highest BCUT2D eigenvalue weighted by Gasteiger charge is 2.35. The predicted molar refractivity (Wildman–Crippen MR) is 112 cm³/mol. The second-order valence-electron chi connectivity index (χ2n) is 5.68. The second kappa shape index (κ2) is 7.99. The SMILES string of the molecule is COc1ccccc1N1C(=O)/C(=C/c2cc(Br)c(O)c(OC)c2)C(=O)NC1=S. The van der Waals surface area contributed by atoms with E-state index < -0.39 is 11.8 Å². The molecule has 3 rings (SSSR count). The Balaban J connectivity index is 2.08. The summed E-state index contributed by atoms with van der Waals surface area (Å²) in [6.45, 7) is 0. The van der Waals surface area contributed by atoms with Gasteiger partial charge in [0.25, 0.3) is 11.8 Å². The number of rotatable bonds is 4. The molecule has 1 saturated heterocycles. The summed E-state index contributed by atoms with van der Waals surface area (Å²) >= 11 is 8.41. The number of phenols is 1. The molecule has 144 valence electrons. The largest absolute Gasteiger partial charge is 0.503 e. The number of halogens is 1. The van der Waals surface area contributed by atoms with Gasteiger partial charge in [0.15, 0.2) is 16.6 Å². The zero-order valence-electron chi connectivity index (χ0n) is 14.9. The van der Waals surface area contributed by atoms with Crippen LogP contribution in [0, 0.1) is 0 Å². The highest BCUT2D eigenvalue weighted by atomic mass is 79.9. The number of nitrogens with one attached hydrogen (secondary N) is 1. The molecule has 1 aliphatic heterocycles. The average Bonchev–Trinajstić information content (AvgIpc) is 2.67. The third-order valence-corrected chi connectivity index (χ3v) is 4.90. The number of hydrogen-bond donors (Lipinski definition) is 2. The van der Waals surface area contributed by atoms with Crippen molar-refractivity contribution in [1.29, 1.82) is 0 Å². The van der Waals surface area contributed by atoms with Crippen LogP contribution in [0.4, 0.5) is 5.69 Å². The Morgan fingerprint density at radius 2 is 1.82 bits per heavy atom. The smallest absolute Gasteiger partial charge is 0.270 e. The highest BCUT2D eigenvalue weighted by Crippen LogP contribution is 2.36. The number of hydrogen-bond acceptors (Lipinski definition) is 6. The fourth-order valence-corrected chi connectivity index (χ4v) is 3.42. The normalized spacial score (nSPS) is 15.6. The quantitative estimate of drug-likeness (QED) is 0.412. The van der Waals surface area contributed by atoms with E-state index in [-0.39, 0.29) is 22.2 Å². The van der Waals surface area contributed by atoms with Crippen molar-refractivity contribution < 1.29 is 24.2 Å². The molecular formula is C19H15BrN2O5S. The van der Waals surface area contributed by atoms with Crippen molar-refractivity contribution in [2.24, 2.45) is 0 Å². The zero-order valence-corrected chi connectivity index (χ0v) is 17.3. The first kappa shape index (κ1) is 19.8. The Morgan fingerprint density at radius 3 is 2.50 bits per heavy atom. The van der Waals surface area contributed by atoms with Crippen LogP contribution in [0.25, 0.3) is 6.08 Å². The fourth-order valence-electron chi connectivity index (χ4n) is 2.69. The minimum absolute atomic E-state index is 0.0406. The molecule has 2 amide bonds. The average molecular weight is 463 g/mol. The van der Waals surface area contributed by atoms with E-state index in [1.807, 2.05) is 0 Å². The number of nitrogens with zero attached hydrogens (tertiary/aromatic N) is 1. The van der Waals surface area contributed by atoms with Gasteiger partial charge in [-0.15, -0.1) is 0 Å². The van der Waals surface area contributed by atoms with Crippen LogP contribution in [0.5, 0.6) is 17.2 Å². The second-order valence-corrected chi connectivity index (χ2v) is 6.92. The van der Waals surface area contributed by atoms with Crippen LogP contribution in [0.2, 0.25) is 0 Å². The molecule has 9 heteroatoms. The van der Waals surface area contributed by atoms with E-state index in [0.29, 0.717) is 21.5 Å². The van der Waals surface area contributed by atoms with Crippen LogP contribution in [0.15, 0.2) is 46.4 Å². The number of carbonyl (C=O) groups excluding carboxylic acids is 2. The molecule has 0 aromatic heterocycles. The van der Waals surface area contributed by atoms with E-state index in [1.54, 1.807) is 30.3 Å². The maximum Gasteiger partial charge on any atom is 0.270 e. The van der Waals surface area contributed by atoms with Crippen LogP contribution in [-0.4, -0.2) is 36.3 Å². The Kier molecular flexibility index (Phi) is 5.66. The van der Waals surface area contributed by atoms with E-state index in [1.165, 1.54) is 31.3 Å². The Morgan fingerprint density at radius 1 is 1.14 bits per heavy atom. The van der Waals surface area contributed by atoms with Crippen LogP contribution in [0.3, 0.4) is 0 Å². The lowest BCUT2D eigenvalue weighted by Gasteiger charge is -2.29. The van der Waals surface area contributed by atoms with Crippen LogP contribution in [-0.2, 0) is 9.59 Å². The van der Waals surface area contributed by atoms with E-state index >= 15 is 0 Å². The molecule has 2 N–H and O–H groups in total. The van der Waals surface area contributed by atoms with Gasteiger partial charge in [0.2, 0.25) is 0 Å². The molecule has 0 saturated carbocycles. The van der Waals surface area contributed by atoms with Crippen molar-refractivity contribution in [2.45, 2.75) is 0 Å². The van der Waals surface area contributed by atoms with Gasteiger partial charge in [0.05, 0.1) is 24.4 Å². The number of para-hydroxylation sites is 2. The predicted octanol–water partition coefficient (Wildman–Crippen LogP) is 3.00. The monoisotopic (exact) mass is 462 g/mol. The minimum atomic E-state index is -0.621. The lowest BCUT2D eigenvalue weighted by Crippen LogP contribution is -2.54. The lowest BCUT2D eigenvalue weighted by atomic mass is 10.1. The first-order chi connectivity index (χ1) is 13.4. The molecule has 1 fully saturated rings. The summed E-state index contributed by atoms with van der Waals surface area (Å²) in [4.78, 5) is 26.7. The molecule has 0 radical (unpaired) electrons. The van der Waals surface area contributed by atoms with Crippen LogP contribution >= 0.6 is 28.1 Å². The molecule has 0 bridgehead atoms. The van der Waals surface area contributed by atoms with E-state index in [4.69, 9.17) is 21.7 Å². The minimum Gasteiger partial charge on any atom is -0.503 e. The third kappa shape index (κ3) is 3.58. The third-order valence-electron chi connectivity index (χ3n) is 4.01. The lowest BCUT2D eigenvalue weighted by molar-refractivity contribution is -0.122. The first-order valence-corrected chi connectivity index (χ1v) is 9.18. The number of carbonyl (C=O) groups is 2. The van der Waals surface area contributed by atoms with Crippen LogP contribution in [0.1, 0.15) is 5.56 Å². The number of anilines is 1. The van der Waals surface area contributed by atoms with Gasteiger partial charge in [0, 0.05) is 0 Å². The molecule has 0 unspecified atom stereocenters. The molecule has 2 aromatic rings. The van der Waals surface area contributed by atoms with Gasteiger partial charge in [-0.25, -0.2) is 4.90 Å². The van der Waals surface area contributed by atoms with Crippen molar-refractivity contribution in [3.8, 4) is 17.2 Å². The van der Waals surface area contributed by atoms with Crippen molar-refractivity contribution in [1.82, 2.24) is 5.32 Å².